The standard InChI is InChI=1S/C15H32/c1-5-10-14(4)12-8-9-13-15(7-3)11-6-2/h14-15H,5-13H2,1-4H3. The summed E-state index contributed by atoms with van der Waals surface area (Å²) >= 11 is 0. The van der Waals surface area contributed by atoms with Crippen molar-refractivity contribution in [3.05, 3.63) is 0 Å². The summed E-state index contributed by atoms with van der Waals surface area (Å²) < 4.78 is 0. The summed E-state index contributed by atoms with van der Waals surface area (Å²) in [4.78, 5) is 0. The van der Waals surface area contributed by atoms with E-state index in [2.05, 4.69) is 27.7 Å². The average Bonchev–Trinajstić information content (AvgIpc) is 2.23. The third-order valence-corrected chi connectivity index (χ3v) is 3.62. The number of rotatable bonds is 10. The first-order chi connectivity index (χ1) is 7.24. The summed E-state index contributed by atoms with van der Waals surface area (Å²) in [5, 5.41) is 0. The van der Waals surface area contributed by atoms with Crippen LogP contribution in [0.2, 0.25) is 0 Å². The third kappa shape index (κ3) is 8.96. The minimum absolute atomic E-state index is 0.959. The summed E-state index contributed by atoms with van der Waals surface area (Å²) in [5.41, 5.74) is 0. The molecule has 0 aromatic carbocycles. The van der Waals surface area contributed by atoms with Crippen LogP contribution in [0.1, 0.15) is 85.5 Å². The fraction of sp³-hybridized carbons (Fsp3) is 1.00. The summed E-state index contributed by atoms with van der Waals surface area (Å²) in [6, 6.07) is 0. The molecule has 0 rings (SSSR count). The van der Waals surface area contributed by atoms with Gasteiger partial charge in [0.15, 0.2) is 0 Å². The first-order valence-corrected chi connectivity index (χ1v) is 7.24. The van der Waals surface area contributed by atoms with Gasteiger partial charge < -0.3 is 0 Å². The zero-order valence-electron chi connectivity index (χ0n) is 11.5. The van der Waals surface area contributed by atoms with Gasteiger partial charge in [-0.05, 0) is 11.8 Å². The van der Waals surface area contributed by atoms with E-state index in [4.69, 9.17) is 0 Å². The molecule has 92 valence electrons. The van der Waals surface area contributed by atoms with Gasteiger partial charge in [-0.25, -0.2) is 0 Å². The van der Waals surface area contributed by atoms with Crippen LogP contribution in [0.15, 0.2) is 0 Å². The maximum Gasteiger partial charge on any atom is -0.0417 e. The Kier molecular flexibility index (Phi) is 10.5. The monoisotopic (exact) mass is 212 g/mol. The lowest BCUT2D eigenvalue weighted by Crippen LogP contribution is -1.99. The Morgan fingerprint density at radius 1 is 0.733 bits per heavy atom. The van der Waals surface area contributed by atoms with Crippen LogP contribution in [0.3, 0.4) is 0 Å². The van der Waals surface area contributed by atoms with Crippen LogP contribution in [0, 0.1) is 11.8 Å². The Labute approximate surface area is 97.8 Å². The van der Waals surface area contributed by atoms with Crippen molar-refractivity contribution in [2.45, 2.75) is 85.5 Å². The Balaban J connectivity index is 3.35. The lowest BCUT2D eigenvalue weighted by atomic mass is 9.92. The molecule has 0 radical (unpaired) electrons. The van der Waals surface area contributed by atoms with E-state index in [0.717, 1.165) is 11.8 Å². The first kappa shape index (κ1) is 15.0. The number of hydrogen-bond donors (Lipinski definition) is 0. The van der Waals surface area contributed by atoms with Crippen molar-refractivity contribution in [3.8, 4) is 0 Å². The second-order valence-electron chi connectivity index (χ2n) is 5.24. The molecule has 0 aliphatic carbocycles. The maximum absolute atomic E-state index is 2.41. The van der Waals surface area contributed by atoms with Crippen LogP contribution in [0.4, 0.5) is 0 Å². The lowest BCUT2D eigenvalue weighted by molar-refractivity contribution is 0.390. The molecule has 0 aliphatic rings. The maximum atomic E-state index is 2.41. The van der Waals surface area contributed by atoms with E-state index < -0.39 is 0 Å². The van der Waals surface area contributed by atoms with Gasteiger partial charge in [0.1, 0.15) is 0 Å². The Bertz CT molecular complexity index is 117. The number of unbranched alkanes of at least 4 members (excludes halogenated alkanes) is 1. The zero-order chi connectivity index (χ0) is 11.5. The normalized spacial score (nSPS) is 15.2. The highest BCUT2D eigenvalue weighted by molar-refractivity contribution is 4.58. The highest BCUT2D eigenvalue weighted by Crippen LogP contribution is 2.21. The predicted octanol–water partition coefficient (Wildman–Crippen LogP) is 5.81. The summed E-state index contributed by atoms with van der Waals surface area (Å²) in [6.07, 6.45) is 12.8. The van der Waals surface area contributed by atoms with Gasteiger partial charge in [-0.1, -0.05) is 85.5 Å². The largest absolute Gasteiger partial charge is 0.0654 e. The van der Waals surface area contributed by atoms with Gasteiger partial charge >= 0.3 is 0 Å². The van der Waals surface area contributed by atoms with E-state index in [1.807, 2.05) is 0 Å². The van der Waals surface area contributed by atoms with Crippen molar-refractivity contribution in [3.63, 3.8) is 0 Å². The molecule has 0 aromatic heterocycles. The molecule has 0 saturated carbocycles. The Morgan fingerprint density at radius 3 is 1.87 bits per heavy atom. The highest BCUT2D eigenvalue weighted by Gasteiger charge is 2.05. The summed E-state index contributed by atoms with van der Waals surface area (Å²) in [5.74, 6) is 1.97. The van der Waals surface area contributed by atoms with Crippen molar-refractivity contribution in [1.29, 1.82) is 0 Å². The molecule has 0 spiro atoms. The molecule has 0 heteroatoms. The minimum Gasteiger partial charge on any atom is -0.0654 e. The van der Waals surface area contributed by atoms with Crippen molar-refractivity contribution in [2.75, 3.05) is 0 Å². The smallest absolute Gasteiger partial charge is 0.0417 e. The second kappa shape index (κ2) is 10.5. The van der Waals surface area contributed by atoms with Crippen LogP contribution in [-0.4, -0.2) is 0 Å². The van der Waals surface area contributed by atoms with Crippen molar-refractivity contribution in [1.82, 2.24) is 0 Å². The summed E-state index contributed by atoms with van der Waals surface area (Å²) in [6.45, 7) is 9.36. The molecular weight excluding hydrogens is 180 g/mol. The van der Waals surface area contributed by atoms with Crippen molar-refractivity contribution >= 4 is 0 Å². The second-order valence-corrected chi connectivity index (χ2v) is 5.24. The van der Waals surface area contributed by atoms with Crippen LogP contribution >= 0.6 is 0 Å². The Hall–Kier alpha value is 0. The lowest BCUT2D eigenvalue weighted by Gasteiger charge is -2.14. The minimum atomic E-state index is 0.959. The van der Waals surface area contributed by atoms with Crippen LogP contribution < -0.4 is 0 Å². The van der Waals surface area contributed by atoms with Crippen LogP contribution in [0.5, 0.6) is 0 Å². The molecule has 2 unspecified atom stereocenters. The van der Waals surface area contributed by atoms with E-state index in [-0.39, 0.29) is 0 Å². The van der Waals surface area contributed by atoms with Crippen LogP contribution in [0.25, 0.3) is 0 Å². The van der Waals surface area contributed by atoms with E-state index in [9.17, 15) is 0 Å². The van der Waals surface area contributed by atoms with Crippen molar-refractivity contribution in [2.24, 2.45) is 11.8 Å². The zero-order valence-corrected chi connectivity index (χ0v) is 11.5. The van der Waals surface area contributed by atoms with Crippen LogP contribution in [-0.2, 0) is 0 Å². The van der Waals surface area contributed by atoms with E-state index in [1.165, 1.54) is 57.8 Å². The molecule has 0 N–H and O–H groups in total. The molecule has 0 aromatic rings. The molecule has 0 aliphatic heterocycles. The van der Waals surface area contributed by atoms with E-state index in [1.54, 1.807) is 0 Å². The molecule has 2 atom stereocenters. The molecule has 0 nitrogen and oxygen atoms in total. The van der Waals surface area contributed by atoms with E-state index in [0.29, 0.717) is 0 Å². The predicted molar refractivity (Wildman–Crippen MR) is 71.2 cm³/mol. The van der Waals surface area contributed by atoms with Gasteiger partial charge in [-0.2, -0.15) is 0 Å². The molecular formula is C15H32. The van der Waals surface area contributed by atoms with Gasteiger partial charge in [0.2, 0.25) is 0 Å². The SMILES string of the molecule is CCCC(C)CCCCC(CC)CCC. The summed E-state index contributed by atoms with van der Waals surface area (Å²) in [7, 11) is 0. The highest BCUT2D eigenvalue weighted by atomic mass is 14.1. The molecule has 0 saturated heterocycles. The number of hydrogen-bond acceptors (Lipinski definition) is 0. The fourth-order valence-electron chi connectivity index (χ4n) is 2.52. The molecule has 15 heavy (non-hydrogen) atoms. The molecule has 0 bridgehead atoms. The molecule has 0 amide bonds. The fourth-order valence-corrected chi connectivity index (χ4v) is 2.52. The van der Waals surface area contributed by atoms with Gasteiger partial charge in [-0.15, -0.1) is 0 Å². The van der Waals surface area contributed by atoms with Gasteiger partial charge in [0, 0.05) is 0 Å². The quantitative estimate of drug-likeness (QED) is 0.401. The van der Waals surface area contributed by atoms with Crippen molar-refractivity contribution < 1.29 is 0 Å². The average molecular weight is 212 g/mol. The van der Waals surface area contributed by atoms with Gasteiger partial charge in [0.05, 0.1) is 0 Å². The molecule has 0 heterocycles. The van der Waals surface area contributed by atoms with Gasteiger partial charge in [-0.3, -0.25) is 0 Å². The Morgan fingerprint density at radius 2 is 1.33 bits per heavy atom. The topological polar surface area (TPSA) is 0 Å². The van der Waals surface area contributed by atoms with E-state index >= 15 is 0 Å². The third-order valence-electron chi connectivity index (χ3n) is 3.62. The van der Waals surface area contributed by atoms with Gasteiger partial charge in [0.25, 0.3) is 0 Å². The molecule has 0 fully saturated rings. The first-order valence-electron chi connectivity index (χ1n) is 7.24.